The van der Waals surface area contributed by atoms with Crippen LogP contribution in [0, 0.1) is 0 Å². The van der Waals surface area contributed by atoms with E-state index in [0.29, 0.717) is 0 Å². The van der Waals surface area contributed by atoms with Crippen LogP contribution in [0.15, 0.2) is 24.3 Å². The van der Waals surface area contributed by atoms with E-state index >= 15 is 0 Å². The molecule has 0 spiro atoms. The molecule has 0 fully saturated rings. The molecule has 1 unspecified atom stereocenters. The van der Waals surface area contributed by atoms with Crippen molar-refractivity contribution < 1.29 is 9.47 Å². The van der Waals surface area contributed by atoms with Crippen LogP contribution in [-0.2, 0) is 0 Å². The molecule has 0 aliphatic carbocycles. The first-order valence-corrected chi connectivity index (χ1v) is 5.81. The van der Waals surface area contributed by atoms with E-state index in [-0.39, 0.29) is 6.10 Å². The number of hydrogen-bond acceptors (Lipinski definition) is 3. The molecule has 0 bridgehead atoms. The van der Waals surface area contributed by atoms with Gasteiger partial charge < -0.3 is 14.8 Å². The minimum atomic E-state index is 0.230. The molecule has 0 heterocycles. The molecule has 0 saturated heterocycles. The maximum Gasteiger partial charge on any atom is 0.120 e. The van der Waals surface area contributed by atoms with E-state index in [1.807, 2.05) is 24.3 Å². The molecule has 1 rings (SSSR count). The maximum atomic E-state index is 5.85. The molecule has 1 aromatic rings. The Morgan fingerprint density at radius 2 is 1.75 bits per heavy atom. The van der Waals surface area contributed by atoms with Gasteiger partial charge in [-0.05, 0) is 37.2 Å². The van der Waals surface area contributed by atoms with E-state index in [1.54, 1.807) is 7.11 Å². The van der Waals surface area contributed by atoms with E-state index in [1.165, 1.54) is 0 Å². The number of rotatable bonds is 7. The molecule has 16 heavy (non-hydrogen) atoms. The standard InChI is InChI=1S/C13H21NO2/c1-4-11(10-14-5-2)16-13-8-6-12(15-3)7-9-13/h6-9,11,14H,4-5,10H2,1-3H3. The molecule has 1 aromatic carbocycles. The first-order chi connectivity index (χ1) is 7.80. The lowest BCUT2D eigenvalue weighted by atomic mass is 10.2. The van der Waals surface area contributed by atoms with Gasteiger partial charge >= 0.3 is 0 Å². The molecule has 3 nitrogen and oxygen atoms in total. The summed E-state index contributed by atoms with van der Waals surface area (Å²) in [4.78, 5) is 0. The third-order valence-electron chi connectivity index (χ3n) is 2.44. The highest BCUT2D eigenvalue weighted by Gasteiger charge is 2.06. The van der Waals surface area contributed by atoms with Crippen molar-refractivity contribution in [1.29, 1.82) is 0 Å². The lowest BCUT2D eigenvalue weighted by Crippen LogP contribution is -2.30. The number of benzene rings is 1. The molecule has 90 valence electrons. The molecule has 0 radical (unpaired) electrons. The van der Waals surface area contributed by atoms with Crippen LogP contribution in [-0.4, -0.2) is 26.3 Å². The van der Waals surface area contributed by atoms with Crippen molar-refractivity contribution in [3.63, 3.8) is 0 Å². The Balaban J connectivity index is 2.49. The summed E-state index contributed by atoms with van der Waals surface area (Å²) in [6, 6.07) is 7.70. The molecular weight excluding hydrogens is 202 g/mol. The van der Waals surface area contributed by atoms with Gasteiger partial charge in [-0.25, -0.2) is 0 Å². The topological polar surface area (TPSA) is 30.5 Å². The normalized spacial score (nSPS) is 12.2. The molecule has 0 saturated carbocycles. The van der Waals surface area contributed by atoms with Crippen molar-refractivity contribution in [3.05, 3.63) is 24.3 Å². The average Bonchev–Trinajstić information content (AvgIpc) is 2.35. The Bertz CT molecular complexity index is 284. The highest BCUT2D eigenvalue weighted by atomic mass is 16.5. The van der Waals surface area contributed by atoms with Crippen molar-refractivity contribution in [3.8, 4) is 11.5 Å². The van der Waals surface area contributed by atoms with E-state index in [9.17, 15) is 0 Å². The van der Waals surface area contributed by atoms with E-state index in [4.69, 9.17) is 9.47 Å². The molecule has 3 heteroatoms. The molecule has 0 amide bonds. The van der Waals surface area contributed by atoms with E-state index in [2.05, 4.69) is 19.2 Å². The number of hydrogen-bond donors (Lipinski definition) is 1. The molecule has 0 aromatic heterocycles. The summed E-state index contributed by atoms with van der Waals surface area (Å²) in [6.45, 7) is 6.09. The first-order valence-electron chi connectivity index (χ1n) is 5.81. The van der Waals surface area contributed by atoms with Crippen molar-refractivity contribution in [2.45, 2.75) is 26.4 Å². The van der Waals surface area contributed by atoms with Crippen LogP contribution in [0.4, 0.5) is 0 Å². The quantitative estimate of drug-likeness (QED) is 0.770. The summed E-state index contributed by atoms with van der Waals surface area (Å²) >= 11 is 0. The van der Waals surface area contributed by atoms with Gasteiger partial charge in [-0.15, -0.1) is 0 Å². The highest BCUT2D eigenvalue weighted by Crippen LogP contribution is 2.18. The predicted molar refractivity (Wildman–Crippen MR) is 66.2 cm³/mol. The van der Waals surface area contributed by atoms with Gasteiger partial charge in [0.15, 0.2) is 0 Å². The monoisotopic (exact) mass is 223 g/mol. The van der Waals surface area contributed by atoms with Crippen LogP contribution >= 0.6 is 0 Å². The fraction of sp³-hybridized carbons (Fsp3) is 0.538. The summed E-state index contributed by atoms with van der Waals surface area (Å²) in [5, 5.41) is 3.29. The second kappa shape index (κ2) is 7.12. The van der Waals surface area contributed by atoms with Crippen molar-refractivity contribution in [2.24, 2.45) is 0 Å². The zero-order valence-electron chi connectivity index (χ0n) is 10.3. The number of likely N-dealkylation sites (N-methyl/N-ethyl adjacent to an activating group) is 1. The fourth-order valence-electron chi connectivity index (χ4n) is 1.42. The third kappa shape index (κ3) is 4.11. The van der Waals surface area contributed by atoms with Gasteiger partial charge in [-0.3, -0.25) is 0 Å². The van der Waals surface area contributed by atoms with Crippen molar-refractivity contribution in [2.75, 3.05) is 20.2 Å². The largest absolute Gasteiger partial charge is 0.497 e. The summed E-state index contributed by atoms with van der Waals surface area (Å²) in [5.41, 5.74) is 0. The molecule has 0 aliphatic rings. The lowest BCUT2D eigenvalue weighted by molar-refractivity contribution is 0.194. The van der Waals surface area contributed by atoms with Crippen LogP contribution in [0.3, 0.4) is 0 Å². The second-order valence-electron chi connectivity index (χ2n) is 3.63. The highest BCUT2D eigenvalue weighted by molar-refractivity contribution is 5.31. The Kier molecular flexibility index (Phi) is 5.72. The van der Waals surface area contributed by atoms with Gasteiger partial charge in [-0.1, -0.05) is 13.8 Å². The summed E-state index contributed by atoms with van der Waals surface area (Å²) in [7, 11) is 1.66. The van der Waals surface area contributed by atoms with Gasteiger partial charge in [0.25, 0.3) is 0 Å². The van der Waals surface area contributed by atoms with Gasteiger partial charge in [0.05, 0.1) is 7.11 Å². The molecule has 1 N–H and O–H groups in total. The number of nitrogens with one attached hydrogen (secondary N) is 1. The van der Waals surface area contributed by atoms with Crippen LogP contribution in [0.2, 0.25) is 0 Å². The third-order valence-corrected chi connectivity index (χ3v) is 2.44. The number of methoxy groups -OCH3 is 1. The average molecular weight is 223 g/mol. The molecule has 1 atom stereocenters. The van der Waals surface area contributed by atoms with Crippen LogP contribution in [0.25, 0.3) is 0 Å². The maximum absolute atomic E-state index is 5.85. The Labute approximate surface area is 97.8 Å². The van der Waals surface area contributed by atoms with Crippen LogP contribution in [0.5, 0.6) is 11.5 Å². The molecular formula is C13H21NO2. The van der Waals surface area contributed by atoms with E-state index < -0.39 is 0 Å². The van der Waals surface area contributed by atoms with E-state index in [0.717, 1.165) is 31.0 Å². The van der Waals surface area contributed by atoms with Gasteiger partial charge in [-0.2, -0.15) is 0 Å². The first kappa shape index (κ1) is 12.8. The fourth-order valence-corrected chi connectivity index (χ4v) is 1.42. The minimum absolute atomic E-state index is 0.230. The van der Waals surface area contributed by atoms with Crippen molar-refractivity contribution >= 4 is 0 Å². The second-order valence-corrected chi connectivity index (χ2v) is 3.63. The van der Waals surface area contributed by atoms with Crippen molar-refractivity contribution in [1.82, 2.24) is 5.32 Å². The zero-order chi connectivity index (χ0) is 11.8. The SMILES string of the molecule is CCNCC(CC)Oc1ccc(OC)cc1. The Morgan fingerprint density at radius 1 is 1.12 bits per heavy atom. The summed E-state index contributed by atoms with van der Waals surface area (Å²) in [6.07, 6.45) is 1.23. The van der Waals surface area contributed by atoms with Gasteiger partial charge in [0.2, 0.25) is 0 Å². The van der Waals surface area contributed by atoms with Crippen LogP contribution in [0.1, 0.15) is 20.3 Å². The Morgan fingerprint density at radius 3 is 2.25 bits per heavy atom. The van der Waals surface area contributed by atoms with Crippen LogP contribution < -0.4 is 14.8 Å². The minimum Gasteiger partial charge on any atom is -0.497 e. The van der Waals surface area contributed by atoms with Gasteiger partial charge in [0, 0.05) is 6.54 Å². The van der Waals surface area contributed by atoms with Gasteiger partial charge in [0.1, 0.15) is 17.6 Å². The summed E-state index contributed by atoms with van der Waals surface area (Å²) < 4.78 is 10.9. The predicted octanol–water partition coefficient (Wildman–Crippen LogP) is 2.46. The Hall–Kier alpha value is -1.22. The summed E-state index contributed by atoms with van der Waals surface area (Å²) in [5.74, 6) is 1.75. The zero-order valence-corrected chi connectivity index (χ0v) is 10.3. The lowest BCUT2D eigenvalue weighted by Gasteiger charge is -2.17. The number of ether oxygens (including phenoxy) is 2. The molecule has 0 aliphatic heterocycles. The smallest absolute Gasteiger partial charge is 0.120 e.